The lowest BCUT2D eigenvalue weighted by Gasteiger charge is -2.09. The predicted molar refractivity (Wildman–Crippen MR) is 80.1 cm³/mol. The van der Waals surface area contributed by atoms with Crippen LogP contribution in [0.15, 0.2) is 29.6 Å². The van der Waals surface area contributed by atoms with Gasteiger partial charge >= 0.3 is 0 Å². The van der Waals surface area contributed by atoms with Gasteiger partial charge in [-0.15, -0.1) is 11.3 Å². The number of para-hydroxylation sites is 1. The highest BCUT2D eigenvalue weighted by Crippen LogP contribution is 2.18. The molecule has 0 aliphatic rings. The quantitative estimate of drug-likeness (QED) is 0.890. The summed E-state index contributed by atoms with van der Waals surface area (Å²) in [6, 6.07) is 6.30. The van der Waals surface area contributed by atoms with Gasteiger partial charge in [0.2, 0.25) is 0 Å². The minimum absolute atomic E-state index is 0.109. The number of hydrogen-bond donors (Lipinski definition) is 1. The van der Waals surface area contributed by atoms with E-state index >= 15 is 0 Å². The van der Waals surface area contributed by atoms with Crippen LogP contribution in [0.5, 0.6) is 5.75 Å². The first-order valence-corrected chi connectivity index (χ1v) is 7.60. The Balaban J connectivity index is 1.94. The number of amides is 1. The van der Waals surface area contributed by atoms with E-state index in [0.717, 1.165) is 6.42 Å². The van der Waals surface area contributed by atoms with E-state index in [0.29, 0.717) is 10.7 Å². The summed E-state index contributed by atoms with van der Waals surface area (Å²) in [4.78, 5) is 16.1. The molecule has 0 aliphatic carbocycles. The van der Waals surface area contributed by atoms with Gasteiger partial charge in [-0.05, 0) is 25.5 Å². The molecular formula is C15H17FN2O2S. The molecule has 112 valence electrons. The zero-order valence-electron chi connectivity index (χ0n) is 11.9. The Morgan fingerprint density at radius 1 is 1.48 bits per heavy atom. The van der Waals surface area contributed by atoms with Crippen molar-refractivity contribution < 1.29 is 13.9 Å². The van der Waals surface area contributed by atoms with Gasteiger partial charge < -0.3 is 10.1 Å². The summed E-state index contributed by atoms with van der Waals surface area (Å²) >= 11 is 1.32. The molecule has 0 unspecified atom stereocenters. The van der Waals surface area contributed by atoms with Crippen LogP contribution >= 0.6 is 11.3 Å². The maximum absolute atomic E-state index is 13.4. The van der Waals surface area contributed by atoms with Gasteiger partial charge in [0.15, 0.2) is 11.6 Å². The second-order valence-electron chi connectivity index (χ2n) is 4.63. The molecular weight excluding hydrogens is 291 g/mol. The zero-order valence-corrected chi connectivity index (χ0v) is 12.7. The van der Waals surface area contributed by atoms with Crippen molar-refractivity contribution in [2.24, 2.45) is 0 Å². The highest BCUT2D eigenvalue weighted by molar-refractivity contribution is 7.09. The molecule has 1 N–H and O–H groups in total. The Morgan fingerprint density at radius 3 is 2.95 bits per heavy atom. The molecule has 1 aromatic heterocycles. The Morgan fingerprint density at radius 2 is 2.24 bits per heavy atom. The topological polar surface area (TPSA) is 51.2 Å². The van der Waals surface area contributed by atoms with Gasteiger partial charge in [0.05, 0.1) is 0 Å². The lowest BCUT2D eigenvalue weighted by Crippen LogP contribution is -2.32. The van der Waals surface area contributed by atoms with Crippen LogP contribution in [0.25, 0.3) is 0 Å². The summed E-state index contributed by atoms with van der Waals surface area (Å²) in [6.45, 7) is 4.08. The number of carbonyl (C=O) groups excluding carboxylic acids is 1. The van der Waals surface area contributed by atoms with E-state index in [1.54, 1.807) is 23.6 Å². The van der Waals surface area contributed by atoms with Crippen LogP contribution in [0.2, 0.25) is 0 Å². The van der Waals surface area contributed by atoms with Crippen molar-refractivity contribution in [2.45, 2.75) is 32.9 Å². The average Bonchev–Trinajstić information content (AvgIpc) is 2.95. The molecule has 2 aromatic rings. The standard InChI is InChI=1S/C15H17FN2O2S/c1-3-10(2)17-15(19)12-9-21-14(18-12)8-20-13-7-5-4-6-11(13)16/h4-7,9-10H,3,8H2,1-2H3,(H,17,19)/t10-/m1/s1. The molecule has 0 radical (unpaired) electrons. The van der Waals surface area contributed by atoms with Crippen molar-refractivity contribution in [1.29, 1.82) is 0 Å². The molecule has 0 saturated heterocycles. The number of ether oxygens (including phenoxy) is 1. The minimum Gasteiger partial charge on any atom is -0.483 e. The molecule has 1 aromatic carbocycles. The fourth-order valence-corrected chi connectivity index (χ4v) is 2.27. The van der Waals surface area contributed by atoms with Crippen molar-refractivity contribution in [3.63, 3.8) is 0 Å². The largest absolute Gasteiger partial charge is 0.483 e. The molecule has 6 heteroatoms. The van der Waals surface area contributed by atoms with E-state index < -0.39 is 5.82 Å². The predicted octanol–water partition coefficient (Wildman–Crippen LogP) is 3.39. The summed E-state index contributed by atoms with van der Waals surface area (Å²) in [6.07, 6.45) is 0.860. The second-order valence-corrected chi connectivity index (χ2v) is 5.57. The summed E-state index contributed by atoms with van der Waals surface area (Å²) in [7, 11) is 0. The molecule has 21 heavy (non-hydrogen) atoms. The first-order chi connectivity index (χ1) is 10.1. The second kappa shape index (κ2) is 7.17. The third-order valence-corrected chi connectivity index (χ3v) is 3.78. The number of hydrogen-bond acceptors (Lipinski definition) is 4. The van der Waals surface area contributed by atoms with Gasteiger partial charge in [-0.3, -0.25) is 4.79 Å². The molecule has 4 nitrogen and oxygen atoms in total. The van der Waals surface area contributed by atoms with E-state index in [2.05, 4.69) is 10.3 Å². The number of rotatable bonds is 6. The van der Waals surface area contributed by atoms with Crippen molar-refractivity contribution in [3.8, 4) is 5.75 Å². The Bertz CT molecular complexity index is 615. The number of carbonyl (C=O) groups is 1. The summed E-state index contributed by atoms with van der Waals surface area (Å²) < 4.78 is 18.8. The molecule has 0 spiro atoms. The first kappa shape index (κ1) is 15.4. The molecule has 0 fully saturated rings. The van der Waals surface area contributed by atoms with E-state index in [-0.39, 0.29) is 24.3 Å². The summed E-state index contributed by atoms with van der Waals surface area (Å²) in [5, 5.41) is 5.16. The molecule has 1 atom stereocenters. The molecule has 0 bridgehead atoms. The van der Waals surface area contributed by atoms with E-state index in [9.17, 15) is 9.18 Å². The van der Waals surface area contributed by atoms with Crippen molar-refractivity contribution in [3.05, 3.63) is 46.2 Å². The Labute approximate surface area is 127 Å². The van der Waals surface area contributed by atoms with Crippen molar-refractivity contribution in [1.82, 2.24) is 10.3 Å². The van der Waals surface area contributed by atoms with Crippen LogP contribution in [0.1, 0.15) is 35.8 Å². The third kappa shape index (κ3) is 4.26. The highest BCUT2D eigenvalue weighted by Gasteiger charge is 2.13. The van der Waals surface area contributed by atoms with Crippen LogP contribution in [-0.2, 0) is 6.61 Å². The van der Waals surface area contributed by atoms with Crippen molar-refractivity contribution in [2.75, 3.05) is 0 Å². The van der Waals surface area contributed by atoms with Crippen LogP contribution in [0.3, 0.4) is 0 Å². The smallest absolute Gasteiger partial charge is 0.270 e. The van der Waals surface area contributed by atoms with E-state index in [1.807, 2.05) is 13.8 Å². The van der Waals surface area contributed by atoms with Crippen LogP contribution in [-0.4, -0.2) is 16.9 Å². The van der Waals surface area contributed by atoms with E-state index in [1.165, 1.54) is 17.4 Å². The molecule has 0 aliphatic heterocycles. The first-order valence-electron chi connectivity index (χ1n) is 6.72. The van der Waals surface area contributed by atoms with Gasteiger partial charge in [0.1, 0.15) is 17.3 Å². The number of nitrogens with one attached hydrogen (secondary N) is 1. The number of nitrogens with zero attached hydrogens (tertiary/aromatic N) is 1. The Kier molecular flexibility index (Phi) is 5.27. The number of aromatic nitrogens is 1. The SMILES string of the molecule is CC[C@@H](C)NC(=O)c1csc(COc2ccccc2F)n1. The molecule has 2 rings (SSSR count). The normalized spacial score (nSPS) is 12.0. The maximum atomic E-state index is 13.4. The minimum atomic E-state index is -0.413. The third-order valence-electron chi connectivity index (χ3n) is 2.96. The van der Waals surface area contributed by atoms with Gasteiger partial charge in [-0.25, -0.2) is 9.37 Å². The summed E-state index contributed by atoms with van der Waals surface area (Å²) in [5.74, 6) is -0.431. The van der Waals surface area contributed by atoms with Crippen LogP contribution < -0.4 is 10.1 Å². The highest BCUT2D eigenvalue weighted by atomic mass is 32.1. The lowest BCUT2D eigenvalue weighted by molar-refractivity contribution is 0.0934. The zero-order chi connectivity index (χ0) is 15.2. The molecule has 0 saturated carbocycles. The van der Waals surface area contributed by atoms with Gasteiger partial charge in [-0.2, -0.15) is 0 Å². The lowest BCUT2D eigenvalue weighted by atomic mass is 10.2. The maximum Gasteiger partial charge on any atom is 0.270 e. The number of halogens is 1. The van der Waals surface area contributed by atoms with Crippen LogP contribution in [0, 0.1) is 5.82 Å². The molecule has 1 heterocycles. The summed E-state index contributed by atoms with van der Waals surface area (Å²) in [5.41, 5.74) is 0.368. The number of benzene rings is 1. The van der Waals surface area contributed by atoms with Gasteiger partial charge in [-0.1, -0.05) is 19.1 Å². The van der Waals surface area contributed by atoms with Crippen LogP contribution in [0.4, 0.5) is 4.39 Å². The van der Waals surface area contributed by atoms with Gasteiger partial charge in [0.25, 0.3) is 5.91 Å². The molecule has 1 amide bonds. The van der Waals surface area contributed by atoms with Gasteiger partial charge in [0, 0.05) is 11.4 Å². The van der Waals surface area contributed by atoms with Crippen molar-refractivity contribution >= 4 is 17.2 Å². The average molecular weight is 308 g/mol. The van der Waals surface area contributed by atoms with E-state index in [4.69, 9.17) is 4.74 Å². The Hall–Kier alpha value is -1.95. The fourth-order valence-electron chi connectivity index (χ4n) is 1.58. The number of thiazole rings is 1. The monoisotopic (exact) mass is 308 g/mol. The fraction of sp³-hybridized carbons (Fsp3) is 0.333.